The molecule has 0 spiro atoms. The Morgan fingerprint density at radius 1 is 1.24 bits per heavy atom. The van der Waals surface area contributed by atoms with Crippen molar-refractivity contribution in [3.05, 3.63) is 76.6 Å². The number of rotatable bonds is 5. The molecule has 0 saturated carbocycles. The second kappa shape index (κ2) is 8.82. The van der Waals surface area contributed by atoms with Gasteiger partial charge in [-0.25, -0.2) is 4.39 Å². The summed E-state index contributed by atoms with van der Waals surface area (Å²) in [5.74, 6) is -0.636. The van der Waals surface area contributed by atoms with E-state index in [1.54, 1.807) is 35.4 Å². The first-order chi connectivity index (χ1) is 16.0. The summed E-state index contributed by atoms with van der Waals surface area (Å²) in [6.07, 6.45) is 2.60. The molecule has 8 nitrogen and oxygen atoms in total. The summed E-state index contributed by atoms with van der Waals surface area (Å²) in [5, 5.41) is 11.0. The Labute approximate surface area is 191 Å². The number of nitrogens with one attached hydrogen (secondary N) is 3. The average molecular weight is 451 g/mol. The lowest BCUT2D eigenvalue weighted by Crippen LogP contribution is -2.40. The van der Waals surface area contributed by atoms with Gasteiger partial charge in [-0.3, -0.25) is 14.3 Å². The fourth-order valence-electron chi connectivity index (χ4n) is 4.78. The SMILES string of the molecule is CC1CN(C(=O)c2ccc[nH]2)Cc2c(C(=O)NC3CCNC3)nn(Cc3ccc(F)cc3)c21. The summed E-state index contributed by atoms with van der Waals surface area (Å²) in [6, 6.07) is 9.90. The minimum absolute atomic E-state index is 0.0182. The molecular formula is C24H27FN6O2. The van der Waals surface area contributed by atoms with Gasteiger partial charge >= 0.3 is 0 Å². The molecule has 3 N–H and O–H groups in total. The van der Waals surface area contributed by atoms with E-state index >= 15 is 0 Å². The topological polar surface area (TPSA) is 95.1 Å². The van der Waals surface area contributed by atoms with Gasteiger partial charge in [0, 0.05) is 42.5 Å². The molecule has 2 amide bonds. The maximum atomic E-state index is 13.4. The van der Waals surface area contributed by atoms with E-state index in [4.69, 9.17) is 5.10 Å². The Kier molecular flexibility index (Phi) is 5.72. The van der Waals surface area contributed by atoms with E-state index in [2.05, 4.69) is 15.6 Å². The largest absolute Gasteiger partial charge is 0.357 e. The van der Waals surface area contributed by atoms with Crippen LogP contribution in [-0.2, 0) is 13.1 Å². The highest BCUT2D eigenvalue weighted by Gasteiger charge is 2.35. The smallest absolute Gasteiger partial charge is 0.272 e. The van der Waals surface area contributed by atoms with Crippen molar-refractivity contribution in [3.63, 3.8) is 0 Å². The zero-order valence-corrected chi connectivity index (χ0v) is 18.5. The van der Waals surface area contributed by atoms with Gasteiger partial charge in [-0.05, 0) is 42.8 Å². The van der Waals surface area contributed by atoms with E-state index < -0.39 is 0 Å². The minimum Gasteiger partial charge on any atom is -0.357 e. The summed E-state index contributed by atoms with van der Waals surface area (Å²) < 4.78 is 15.2. The van der Waals surface area contributed by atoms with Crippen molar-refractivity contribution in [1.29, 1.82) is 0 Å². The average Bonchev–Trinajstić information content (AvgIpc) is 3.56. The first-order valence-electron chi connectivity index (χ1n) is 11.3. The molecule has 1 saturated heterocycles. The molecule has 3 aromatic rings. The Hall–Kier alpha value is -3.46. The van der Waals surface area contributed by atoms with Crippen molar-refractivity contribution in [2.24, 2.45) is 0 Å². The molecule has 0 aliphatic carbocycles. The lowest BCUT2D eigenvalue weighted by atomic mass is 9.95. The van der Waals surface area contributed by atoms with Crippen LogP contribution in [0.15, 0.2) is 42.6 Å². The van der Waals surface area contributed by atoms with Crippen LogP contribution in [0.4, 0.5) is 4.39 Å². The van der Waals surface area contributed by atoms with Crippen LogP contribution in [0.2, 0.25) is 0 Å². The van der Waals surface area contributed by atoms with E-state index in [1.165, 1.54) is 12.1 Å². The van der Waals surface area contributed by atoms with Gasteiger partial charge in [0.05, 0.1) is 13.1 Å². The summed E-state index contributed by atoms with van der Waals surface area (Å²) >= 11 is 0. The van der Waals surface area contributed by atoms with Crippen LogP contribution < -0.4 is 10.6 Å². The molecule has 9 heteroatoms. The van der Waals surface area contributed by atoms with Crippen molar-refractivity contribution in [1.82, 2.24) is 30.3 Å². The van der Waals surface area contributed by atoms with Crippen LogP contribution in [0.5, 0.6) is 0 Å². The zero-order chi connectivity index (χ0) is 22.9. The highest BCUT2D eigenvalue weighted by molar-refractivity contribution is 5.95. The molecule has 2 atom stereocenters. The fourth-order valence-corrected chi connectivity index (χ4v) is 4.78. The van der Waals surface area contributed by atoms with Crippen molar-refractivity contribution in [2.75, 3.05) is 19.6 Å². The van der Waals surface area contributed by atoms with Gasteiger partial charge in [0.25, 0.3) is 11.8 Å². The third-order valence-corrected chi connectivity index (χ3v) is 6.38. The van der Waals surface area contributed by atoms with Crippen molar-refractivity contribution >= 4 is 11.8 Å². The highest BCUT2D eigenvalue weighted by Crippen LogP contribution is 2.32. The van der Waals surface area contributed by atoms with Gasteiger partial charge in [-0.15, -0.1) is 0 Å². The normalized spacial score (nSPS) is 20.0. The van der Waals surface area contributed by atoms with Gasteiger partial charge < -0.3 is 20.5 Å². The van der Waals surface area contributed by atoms with Crippen LogP contribution >= 0.6 is 0 Å². The molecule has 2 aliphatic rings. The third-order valence-electron chi connectivity index (χ3n) is 6.38. The third kappa shape index (κ3) is 4.28. The number of hydrogen-bond donors (Lipinski definition) is 3. The van der Waals surface area contributed by atoms with E-state index in [1.807, 2.05) is 11.6 Å². The van der Waals surface area contributed by atoms with Gasteiger partial charge in [0.1, 0.15) is 11.5 Å². The van der Waals surface area contributed by atoms with Crippen LogP contribution in [0, 0.1) is 5.82 Å². The number of carbonyl (C=O) groups is 2. The number of aromatic nitrogens is 3. The molecule has 172 valence electrons. The second-order valence-electron chi connectivity index (χ2n) is 8.83. The van der Waals surface area contributed by atoms with Crippen LogP contribution in [-0.4, -0.2) is 57.2 Å². The Balaban J connectivity index is 1.49. The molecule has 4 heterocycles. The van der Waals surface area contributed by atoms with Crippen molar-refractivity contribution in [2.45, 2.75) is 38.4 Å². The van der Waals surface area contributed by atoms with E-state index in [0.29, 0.717) is 31.0 Å². The number of H-pyrrole nitrogens is 1. The molecule has 2 unspecified atom stereocenters. The van der Waals surface area contributed by atoms with Gasteiger partial charge in [-0.1, -0.05) is 19.1 Å². The van der Waals surface area contributed by atoms with Gasteiger partial charge in [0.2, 0.25) is 0 Å². The monoisotopic (exact) mass is 450 g/mol. The van der Waals surface area contributed by atoms with E-state index in [9.17, 15) is 14.0 Å². The highest BCUT2D eigenvalue weighted by atomic mass is 19.1. The Bertz CT molecular complexity index is 1150. The number of halogens is 1. The lowest BCUT2D eigenvalue weighted by molar-refractivity contribution is 0.0710. The molecule has 2 aliphatic heterocycles. The number of nitrogens with zero attached hydrogens (tertiary/aromatic N) is 3. The maximum Gasteiger partial charge on any atom is 0.272 e. The van der Waals surface area contributed by atoms with Gasteiger partial charge in [0.15, 0.2) is 5.69 Å². The van der Waals surface area contributed by atoms with Gasteiger partial charge in [-0.2, -0.15) is 5.10 Å². The zero-order valence-electron chi connectivity index (χ0n) is 18.5. The standard InChI is InChI=1S/C24H27FN6O2/c1-15-12-30(24(33)20-3-2-9-27-20)14-19-21(23(32)28-18-8-10-26-11-18)29-31(22(15)19)13-16-4-6-17(25)7-5-16/h2-7,9,15,18,26-27H,8,10-14H2,1H3,(H,28,32). The number of fused-ring (bicyclic) bond motifs is 1. The second-order valence-corrected chi connectivity index (χ2v) is 8.83. The lowest BCUT2D eigenvalue weighted by Gasteiger charge is -2.32. The van der Waals surface area contributed by atoms with Crippen LogP contribution in [0.1, 0.15) is 57.1 Å². The minimum atomic E-state index is -0.293. The first-order valence-corrected chi connectivity index (χ1v) is 11.3. The summed E-state index contributed by atoms with van der Waals surface area (Å²) in [4.78, 5) is 31.0. The molecular weight excluding hydrogens is 423 g/mol. The summed E-state index contributed by atoms with van der Waals surface area (Å²) in [5.41, 5.74) is 3.50. The Morgan fingerprint density at radius 2 is 2.06 bits per heavy atom. The Morgan fingerprint density at radius 3 is 2.76 bits per heavy atom. The molecule has 0 bridgehead atoms. The van der Waals surface area contributed by atoms with Crippen molar-refractivity contribution < 1.29 is 14.0 Å². The quantitative estimate of drug-likeness (QED) is 0.556. The molecule has 2 aromatic heterocycles. The predicted molar refractivity (Wildman–Crippen MR) is 120 cm³/mol. The summed E-state index contributed by atoms with van der Waals surface area (Å²) in [7, 11) is 0. The molecule has 5 rings (SSSR count). The molecule has 33 heavy (non-hydrogen) atoms. The number of aromatic amines is 1. The van der Waals surface area contributed by atoms with Crippen LogP contribution in [0.3, 0.4) is 0 Å². The maximum absolute atomic E-state index is 13.4. The molecule has 0 radical (unpaired) electrons. The van der Waals surface area contributed by atoms with Crippen molar-refractivity contribution in [3.8, 4) is 0 Å². The fraction of sp³-hybridized carbons (Fsp3) is 0.375. The number of carbonyl (C=O) groups excluding carboxylic acids is 2. The van der Waals surface area contributed by atoms with E-state index in [-0.39, 0.29) is 29.6 Å². The number of amides is 2. The number of hydrogen-bond acceptors (Lipinski definition) is 4. The first kappa shape index (κ1) is 21.4. The number of benzene rings is 1. The summed E-state index contributed by atoms with van der Waals surface area (Å²) in [6.45, 7) is 4.91. The predicted octanol–water partition coefficient (Wildman–Crippen LogP) is 2.25. The molecule has 1 fully saturated rings. The van der Waals surface area contributed by atoms with E-state index in [0.717, 1.165) is 36.3 Å². The molecule has 1 aromatic carbocycles. The van der Waals surface area contributed by atoms with Crippen LogP contribution in [0.25, 0.3) is 0 Å².